The first kappa shape index (κ1) is 23.8. The zero-order chi connectivity index (χ0) is 22.9. The van der Waals surface area contributed by atoms with Gasteiger partial charge in [-0.25, -0.2) is 9.78 Å². The normalized spacial score (nSPS) is 13.6. The van der Waals surface area contributed by atoms with E-state index in [1.807, 2.05) is 18.2 Å². The highest BCUT2D eigenvalue weighted by Crippen LogP contribution is 2.24. The van der Waals surface area contributed by atoms with Crippen LogP contribution in [-0.2, 0) is 9.53 Å². The van der Waals surface area contributed by atoms with Crippen LogP contribution in [-0.4, -0.2) is 66.6 Å². The molecule has 9 nitrogen and oxygen atoms in total. The van der Waals surface area contributed by atoms with Gasteiger partial charge in [-0.05, 0) is 12.1 Å². The molecular formula is C19H21F3N6O3. The van der Waals surface area contributed by atoms with Crippen LogP contribution < -0.4 is 16.0 Å². The van der Waals surface area contributed by atoms with Gasteiger partial charge >= 0.3 is 12.1 Å². The van der Waals surface area contributed by atoms with Crippen molar-refractivity contribution in [2.45, 2.75) is 6.18 Å². The molecule has 1 aliphatic rings. The maximum Gasteiger partial charge on any atom is 0.490 e. The molecule has 1 aromatic heterocycles. The molecule has 0 aliphatic carbocycles. The topological polar surface area (TPSA) is 137 Å². The summed E-state index contributed by atoms with van der Waals surface area (Å²) in [6, 6.07) is 11.5. The highest BCUT2D eigenvalue weighted by Gasteiger charge is 2.38. The van der Waals surface area contributed by atoms with Crippen molar-refractivity contribution in [1.82, 2.24) is 9.97 Å². The second-order valence-electron chi connectivity index (χ2n) is 6.24. The summed E-state index contributed by atoms with van der Waals surface area (Å²) in [7, 11) is 0. The molecule has 0 radical (unpaired) electrons. The lowest BCUT2D eigenvalue weighted by Gasteiger charge is -2.28. The van der Waals surface area contributed by atoms with Crippen LogP contribution in [0.1, 0.15) is 5.56 Å². The molecule has 0 amide bonds. The Kier molecular flexibility index (Phi) is 8.53. The summed E-state index contributed by atoms with van der Waals surface area (Å²) >= 11 is 0. The Balaban J connectivity index is 0.000000423. The molecule has 1 aromatic carbocycles. The van der Waals surface area contributed by atoms with Crippen LogP contribution in [0.15, 0.2) is 30.3 Å². The monoisotopic (exact) mass is 438 g/mol. The minimum absolute atomic E-state index is 0.511. The van der Waals surface area contributed by atoms with E-state index in [0.29, 0.717) is 37.8 Å². The number of carboxylic acid groups (broad SMARTS) is 1. The number of ether oxygens (including phenoxy) is 1. The van der Waals surface area contributed by atoms with Crippen LogP contribution in [0.25, 0.3) is 11.3 Å². The second-order valence-corrected chi connectivity index (χ2v) is 6.24. The van der Waals surface area contributed by atoms with Crippen LogP contribution in [0.2, 0.25) is 0 Å². The Bertz CT molecular complexity index is 910. The van der Waals surface area contributed by atoms with Crippen molar-refractivity contribution in [2.24, 2.45) is 5.73 Å². The van der Waals surface area contributed by atoms with Gasteiger partial charge in [-0.15, -0.1) is 0 Å². The molecule has 1 fully saturated rings. The summed E-state index contributed by atoms with van der Waals surface area (Å²) in [6.45, 7) is 4.13. The van der Waals surface area contributed by atoms with E-state index in [9.17, 15) is 13.2 Å². The van der Waals surface area contributed by atoms with Gasteiger partial charge in [0.05, 0.1) is 30.5 Å². The minimum atomic E-state index is -5.08. The van der Waals surface area contributed by atoms with Crippen LogP contribution in [0, 0.1) is 11.3 Å². The van der Waals surface area contributed by atoms with Gasteiger partial charge in [-0.2, -0.15) is 23.4 Å². The summed E-state index contributed by atoms with van der Waals surface area (Å²) in [5.41, 5.74) is 7.95. The fourth-order valence-corrected chi connectivity index (χ4v) is 2.52. The van der Waals surface area contributed by atoms with Gasteiger partial charge in [0, 0.05) is 37.8 Å². The fraction of sp³-hybridized carbons (Fsp3) is 0.368. The first-order valence-corrected chi connectivity index (χ1v) is 9.21. The van der Waals surface area contributed by atoms with Gasteiger partial charge in [0.15, 0.2) is 0 Å². The number of aromatic nitrogens is 2. The number of morpholine rings is 1. The van der Waals surface area contributed by atoms with Crippen molar-refractivity contribution in [3.63, 3.8) is 0 Å². The quantitative estimate of drug-likeness (QED) is 0.639. The lowest BCUT2D eigenvalue weighted by atomic mass is 10.1. The molecule has 2 heterocycles. The Labute approximate surface area is 176 Å². The molecule has 0 saturated carbocycles. The molecule has 31 heavy (non-hydrogen) atoms. The van der Waals surface area contributed by atoms with Gasteiger partial charge in [0.1, 0.15) is 5.82 Å². The van der Waals surface area contributed by atoms with Crippen LogP contribution in [0.5, 0.6) is 0 Å². The van der Waals surface area contributed by atoms with E-state index in [1.54, 1.807) is 12.1 Å². The molecule has 0 atom stereocenters. The van der Waals surface area contributed by atoms with Gasteiger partial charge in [0.25, 0.3) is 0 Å². The standard InChI is InChI=1S/C17H20N6O.C2HF3O2/c18-5-6-20-17-21-15(14-3-1-13(12-19)2-4-14)11-16(22-17)23-7-9-24-10-8-23;3-2(4,5)1(6)7/h1-4,11H,5-10,18H2,(H,20,21,22);(H,6,7). The molecule has 4 N–H and O–H groups in total. The molecule has 3 rings (SSSR count). The Morgan fingerprint density at radius 2 is 1.87 bits per heavy atom. The predicted octanol–water partition coefficient (Wildman–Crippen LogP) is 1.86. The summed E-state index contributed by atoms with van der Waals surface area (Å²) in [4.78, 5) is 20.2. The lowest BCUT2D eigenvalue weighted by molar-refractivity contribution is -0.192. The fourth-order valence-electron chi connectivity index (χ4n) is 2.52. The Hall–Kier alpha value is -3.43. The highest BCUT2D eigenvalue weighted by molar-refractivity contribution is 5.73. The van der Waals surface area contributed by atoms with E-state index in [0.717, 1.165) is 30.2 Å². The SMILES string of the molecule is N#Cc1ccc(-c2cc(N3CCOCC3)nc(NCCN)n2)cc1.O=C(O)C(F)(F)F. The van der Waals surface area contributed by atoms with Crippen LogP contribution in [0.4, 0.5) is 24.9 Å². The minimum Gasteiger partial charge on any atom is -0.475 e. The van der Waals surface area contributed by atoms with Crippen LogP contribution >= 0.6 is 0 Å². The number of aliphatic carboxylic acids is 1. The van der Waals surface area contributed by atoms with Crippen LogP contribution in [0.3, 0.4) is 0 Å². The first-order valence-electron chi connectivity index (χ1n) is 9.21. The number of hydrogen-bond donors (Lipinski definition) is 3. The number of benzene rings is 1. The largest absolute Gasteiger partial charge is 0.490 e. The van der Waals surface area contributed by atoms with E-state index in [-0.39, 0.29) is 0 Å². The lowest BCUT2D eigenvalue weighted by Crippen LogP contribution is -2.37. The number of nitrogens with zero attached hydrogens (tertiary/aromatic N) is 4. The highest BCUT2D eigenvalue weighted by atomic mass is 19.4. The van der Waals surface area contributed by atoms with Crippen molar-refractivity contribution < 1.29 is 27.8 Å². The number of alkyl halides is 3. The van der Waals surface area contributed by atoms with E-state index in [1.165, 1.54) is 0 Å². The van der Waals surface area contributed by atoms with Crippen molar-refractivity contribution in [1.29, 1.82) is 5.26 Å². The molecule has 1 aliphatic heterocycles. The van der Waals surface area contributed by atoms with Crippen molar-refractivity contribution in [3.05, 3.63) is 35.9 Å². The van der Waals surface area contributed by atoms with Crippen molar-refractivity contribution >= 4 is 17.7 Å². The number of nitrogens with two attached hydrogens (primary N) is 1. The molecule has 12 heteroatoms. The molecule has 1 saturated heterocycles. The number of anilines is 2. The summed E-state index contributed by atoms with van der Waals surface area (Å²) in [5, 5.41) is 19.2. The number of carbonyl (C=O) groups is 1. The zero-order valence-electron chi connectivity index (χ0n) is 16.4. The smallest absolute Gasteiger partial charge is 0.475 e. The summed E-state index contributed by atoms with van der Waals surface area (Å²) in [5.74, 6) is -1.33. The summed E-state index contributed by atoms with van der Waals surface area (Å²) in [6.07, 6.45) is -5.08. The average Bonchev–Trinajstić information content (AvgIpc) is 2.78. The van der Waals surface area contributed by atoms with E-state index in [2.05, 4.69) is 26.3 Å². The third kappa shape index (κ3) is 7.40. The third-order valence-electron chi connectivity index (χ3n) is 4.03. The third-order valence-corrected chi connectivity index (χ3v) is 4.03. The molecule has 2 aromatic rings. The number of rotatable bonds is 5. The van der Waals surface area contributed by atoms with E-state index < -0.39 is 12.1 Å². The maximum atomic E-state index is 10.6. The molecule has 0 bridgehead atoms. The van der Waals surface area contributed by atoms with E-state index >= 15 is 0 Å². The number of carboxylic acids is 1. The van der Waals surface area contributed by atoms with Gasteiger partial charge < -0.3 is 25.8 Å². The Morgan fingerprint density at radius 1 is 1.26 bits per heavy atom. The molecule has 0 unspecified atom stereocenters. The number of hydrogen-bond acceptors (Lipinski definition) is 8. The maximum absolute atomic E-state index is 10.6. The molecule has 166 valence electrons. The first-order chi connectivity index (χ1) is 14.7. The van der Waals surface area contributed by atoms with Gasteiger partial charge in [-0.1, -0.05) is 12.1 Å². The zero-order valence-corrected chi connectivity index (χ0v) is 16.4. The van der Waals surface area contributed by atoms with Crippen molar-refractivity contribution in [2.75, 3.05) is 49.6 Å². The van der Waals surface area contributed by atoms with E-state index in [4.69, 9.17) is 25.6 Å². The number of halogens is 3. The summed E-state index contributed by atoms with van der Waals surface area (Å²) < 4.78 is 37.1. The second kappa shape index (κ2) is 11.1. The number of nitrogens with one attached hydrogen (secondary N) is 1. The van der Waals surface area contributed by atoms with Gasteiger partial charge in [-0.3, -0.25) is 0 Å². The molecule has 0 spiro atoms. The average molecular weight is 438 g/mol. The van der Waals surface area contributed by atoms with Crippen molar-refractivity contribution in [3.8, 4) is 17.3 Å². The Morgan fingerprint density at radius 3 is 2.39 bits per heavy atom. The number of nitriles is 1. The van der Waals surface area contributed by atoms with Gasteiger partial charge in [0.2, 0.25) is 5.95 Å². The predicted molar refractivity (Wildman–Crippen MR) is 106 cm³/mol. The molecular weight excluding hydrogens is 417 g/mol.